The molecule has 0 aromatic heterocycles. The van der Waals surface area contributed by atoms with Gasteiger partial charge < -0.3 is 10.2 Å². The van der Waals surface area contributed by atoms with Crippen LogP contribution in [-0.2, 0) is 4.79 Å². The van der Waals surface area contributed by atoms with E-state index in [-0.39, 0.29) is 0 Å². The molecule has 104 valence electrons. The molecule has 2 aliphatic rings. The average molecular weight is 252 g/mol. The summed E-state index contributed by atoms with van der Waals surface area (Å²) in [5.41, 5.74) is 0.556. The Kier molecular flexibility index (Phi) is 4.66. The molecule has 18 heavy (non-hydrogen) atoms. The van der Waals surface area contributed by atoms with Gasteiger partial charge in [0.15, 0.2) is 0 Å². The van der Waals surface area contributed by atoms with E-state index in [0.717, 1.165) is 25.9 Å². The molecule has 0 bridgehead atoms. The van der Waals surface area contributed by atoms with Crippen molar-refractivity contribution in [1.29, 1.82) is 0 Å². The minimum Gasteiger partial charge on any atom is -0.343 e. The van der Waals surface area contributed by atoms with E-state index < -0.39 is 0 Å². The number of piperidine rings is 2. The van der Waals surface area contributed by atoms with Crippen LogP contribution < -0.4 is 5.32 Å². The van der Waals surface area contributed by atoms with Crippen molar-refractivity contribution in [3.8, 4) is 0 Å². The Balaban J connectivity index is 1.77. The Morgan fingerprint density at radius 1 is 1.17 bits per heavy atom. The van der Waals surface area contributed by atoms with Crippen molar-refractivity contribution in [3.63, 3.8) is 0 Å². The lowest BCUT2D eigenvalue weighted by molar-refractivity contribution is -0.134. The van der Waals surface area contributed by atoms with Crippen LogP contribution in [0.3, 0.4) is 0 Å². The Morgan fingerprint density at radius 2 is 1.78 bits per heavy atom. The minimum absolute atomic E-state index is 0.382. The number of amides is 1. The van der Waals surface area contributed by atoms with Crippen LogP contribution in [-0.4, -0.2) is 37.0 Å². The number of nitrogens with zero attached hydrogens (tertiary/aromatic N) is 1. The molecule has 0 aliphatic carbocycles. The molecule has 1 spiro atoms. The third-order valence-electron chi connectivity index (χ3n) is 4.78. The second kappa shape index (κ2) is 6.05. The maximum absolute atomic E-state index is 12.1. The highest BCUT2D eigenvalue weighted by molar-refractivity contribution is 5.76. The highest BCUT2D eigenvalue weighted by atomic mass is 16.2. The molecule has 2 aliphatic heterocycles. The minimum atomic E-state index is 0.382. The van der Waals surface area contributed by atoms with Gasteiger partial charge in [0.2, 0.25) is 5.91 Å². The summed E-state index contributed by atoms with van der Waals surface area (Å²) >= 11 is 0. The van der Waals surface area contributed by atoms with E-state index in [4.69, 9.17) is 0 Å². The standard InChI is InChI=1S/C15H28N2O/c1-13(2)3-4-14(18)17-11-7-15(8-12-17)5-9-16-10-6-15/h13,16H,3-12H2,1-2H3. The normalized spacial score (nSPS) is 23.6. The lowest BCUT2D eigenvalue weighted by Gasteiger charge is -2.44. The fraction of sp³-hybridized carbons (Fsp3) is 0.933. The molecule has 0 radical (unpaired) electrons. The lowest BCUT2D eigenvalue weighted by Crippen LogP contribution is -2.47. The van der Waals surface area contributed by atoms with Crippen LogP contribution in [0.25, 0.3) is 0 Å². The molecule has 2 rings (SSSR count). The summed E-state index contributed by atoms with van der Waals surface area (Å²) in [6, 6.07) is 0. The predicted octanol–water partition coefficient (Wildman–Crippen LogP) is 2.41. The first-order chi connectivity index (χ1) is 8.61. The SMILES string of the molecule is CC(C)CCC(=O)N1CCC2(CCNCC2)CC1. The molecule has 0 aromatic rings. The van der Waals surface area contributed by atoms with Gasteiger partial charge in [0.1, 0.15) is 0 Å². The van der Waals surface area contributed by atoms with Gasteiger partial charge in [-0.3, -0.25) is 4.79 Å². The monoisotopic (exact) mass is 252 g/mol. The molecule has 0 saturated carbocycles. The van der Waals surface area contributed by atoms with Crippen LogP contribution >= 0.6 is 0 Å². The summed E-state index contributed by atoms with van der Waals surface area (Å²) in [7, 11) is 0. The molecule has 1 amide bonds. The van der Waals surface area contributed by atoms with Crippen molar-refractivity contribution in [1.82, 2.24) is 10.2 Å². The first-order valence-corrected chi connectivity index (χ1v) is 7.60. The van der Waals surface area contributed by atoms with Gasteiger partial charge in [0, 0.05) is 19.5 Å². The van der Waals surface area contributed by atoms with E-state index >= 15 is 0 Å². The van der Waals surface area contributed by atoms with Gasteiger partial charge in [-0.2, -0.15) is 0 Å². The number of carbonyl (C=O) groups excluding carboxylic acids is 1. The van der Waals surface area contributed by atoms with Crippen LogP contribution in [0.4, 0.5) is 0 Å². The van der Waals surface area contributed by atoms with Crippen LogP contribution in [0.1, 0.15) is 52.4 Å². The highest BCUT2D eigenvalue weighted by Gasteiger charge is 2.36. The topological polar surface area (TPSA) is 32.3 Å². The quantitative estimate of drug-likeness (QED) is 0.836. The Bertz CT molecular complexity index is 272. The number of hydrogen-bond acceptors (Lipinski definition) is 2. The average Bonchev–Trinajstić information content (AvgIpc) is 2.38. The van der Waals surface area contributed by atoms with Crippen molar-refractivity contribution >= 4 is 5.91 Å². The van der Waals surface area contributed by atoms with Crippen LogP contribution in [0.2, 0.25) is 0 Å². The summed E-state index contributed by atoms with van der Waals surface area (Å²) < 4.78 is 0. The fourth-order valence-electron chi connectivity index (χ4n) is 3.26. The van der Waals surface area contributed by atoms with Gasteiger partial charge >= 0.3 is 0 Å². The molecule has 0 aromatic carbocycles. The number of nitrogens with one attached hydrogen (secondary N) is 1. The largest absolute Gasteiger partial charge is 0.343 e. The molecular weight excluding hydrogens is 224 g/mol. The third kappa shape index (κ3) is 3.47. The maximum Gasteiger partial charge on any atom is 0.222 e. The zero-order valence-corrected chi connectivity index (χ0v) is 12.0. The summed E-state index contributed by atoms with van der Waals surface area (Å²) in [5, 5.41) is 3.44. The van der Waals surface area contributed by atoms with E-state index in [1.807, 2.05) is 0 Å². The lowest BCUT2D eigenvalue weighted by atomic mass is 9.71. The van der Waals surface area contributed by atoms with E-state index in [1.165, 1.54) is 38.8 Å². The van der Waals surface area contributed by atoms with Crippen LogP contribution in [0.5, 0.6) is 0 Å². The molecule has 1 N–H and O–H groups in total. The van der Waals surface area contributed by atoms with Crippen molar-refractivity contribution < 1.29 is 4.79 Å². The summed E-state index contributed by atoms with van der Waals surface area (Å²) in [6.07, 6.45) is 6.84. The number of hydrogen-bond donors (Lipinski definition) is 1. The second-order valence-corrected chi connectivity index (χ2v) is 6.56. The molecule has 2 saturated heterocycles. The molecule has 3 nitrogen and oxygen atoms in total. The van der Waals surface area contributed by atoms with E-state index in [2.05, 4.69) is 24.1 Å². The van der Waals surface area contributed by atoms with E-state index in [0.29, 0.717) is 17.2 Å². The molecule has 0 atom stereocenters. The number of carbonyl (C=O) groups is 1. The molecule has 0 unspecified atom stereocenters. The predicted molar refractivity (Wildman–Crippen MR) is 74.4 cm³/mol. The highest BCUT2D eigenvalue weighted by Crippen LogP contribution is 2.39. The zero-order valence-electron chi connectivity index (χ0n) is 12.0. The van der Waals surface area contributed by atoms with Crippen molar-refractivity contribution in [2.75, 3.05) is 26.2 Å². The zero-order chi connectivity index (χ0) is 13.0. The Morgan fingerprint density at radius 3 is 2.33 bits per heavy atom. The Labute approximate surface area is 111 Å². The van der Waals surface area contributed by atoms with Crippen molar-refractivity contribution in [2.24, 2.45) is 11.3 Å². The van der Waals surface area contributed by atoms with Gasteiger partial charge in [-0.25, -0.2) is 0 Å². The number of rotatable bonds is 3. The van der Waals surface area contributed by atoms with Gasteiger partial charge in [-0.1, -0.05) is 13.8 Å². The molecule has 2 heterocycles. The van der Waals surface area contributed by atoms with Gasteiger partial charge in [0.25, 0.3) is 0 Å². The molecular formula is C15H28N2O. The van der Waals surface area contributed by atoms with Crippen LogP contribution in [0, 0.1) is 11.3 Å². The first kappa shape index (κ1) is 13.9. The van der Waals surface area contributed by atoms with Crippen molar-refractivity contribution in [3.05, 3.63) is 0 Å². The Hall–Kier alpha value is -0.570. The molecule has 3 heteroatoms. The fourth-order valence-corrected chi connectivity index (χ4v) is 3.26. The van der Waals surface area contributed by atoms with Gasteiger partial charge in [-0.05, 0) is 56.5 Å². The van der Waals surface area contributed by atoms with Crippen molar-refractivity contribution in [2.45, 2.75) is 52.4 Å². The summed E-state index contributed by atoms with van der Waals surface area (Å²) in [6.45, 7) is 8.71. The van der Waals surface area contributed by atoms with Gasteiger partial charge in [0.05, 0.1) is 0 Å². The smallest absolute Gasteiger partial charge is 0.222 e. The second-order valence-electron chi connectivity index (χ2n) is 6.56. The first-order valence-electron chi connectivity index (χ1n) is 7.60. The molecule has 2 fully saturated rings. The van der Waals surface area contributed by atoms with E-state index in [9.17, 15) is 4.79 Å². The van der Waals surface area contributed by atoms with Gasteiger partial charge in [-0.15, -0.1) is 0 Å². The number of likely N-dealkylation sites (tertiary alicyclic amines) is 1. The summed E-state index contributed by atoms with van der Waals surface area (Å²) in [4.78, 5) is 14.2. The maximum atomic E-state index is 12.1. The third-order valence-corrected chi connectivity index (χ3v) is 4.78. The summed E-state index contributed by atoms with van der Waals surface area (Å²) in [5.74, 6) is 1.02. The van der Waals surface area contributed by atoms with E-state index in [1.54, 1.807) is 0 Å². The van der Waals surface area contributed by atoms with Crippen LogP contribution in [0.15, 0.2) is 0 Å².